The van der Waals surface area contributed by atoms with E-state index in [9.17, 15) is 9.59 Å². The van der Waals surface area contributed by atoms with Gasteiger partial charge in [0, 0.05) is 6.61 Å². The van der Waals surface area contributed by atoms with E-state index in [1.54, 1.807) is 0 Å². The number of carbonyl (C=O) groups excluding carboxylic acids is 2. The molecule has 5 heteroatoms. The lowest BCUT2D eigenvalue weighted by Gasteiger charge is -2.14. The number of rotatable bonds is 9. The molecule has 0 amide bonds. The monoisotopic (exact) mass is 246 g/mol. The van der Waals surface area contributed by atoms with E-state index in [4.69, 9.17) is 4.74 Å². The molecule has 0 aromatic rings. The summed E-state index contributed by atoms with van der Waals surface area (Å²) in [4.78, 5) is 22.8. The third-order valence-corrected chi connectivity index (χ3v) is 2.81. The third-order valence-electron chi connectivity index (χ3n) is 2.44. The lowest BCUT2D eigenvalue weighted by Crippen LogP contribution is -2.28. The minimum absolute atomic E-state index is 0.266. The highest BCUT2D eigenvalue weighted by Gasteiger charge is 2.25. The van der Waals surface area contributed by atoms with Crippen LogP contribution in [0.3, 0.4) is 0 Å². The summed E-state index contributed by atoms with van der Waals surface area (Å²) in [5, 5.41) is 0. The van der Waals surface area contributed by atoms with Crippen molar-refractivity contribution in [3.63, 3.8) is 0 Å². The zero-order valence-corrected chi connectivity index (χ0v) is 12.5. The Labute approximate surface area is 100 Å². The van der Waals surface area contributed by atoms with Gasteiger partial charge in [0.2, 0.25) is 16.3 Å². The van der Waals surface area contributed by atoms with Gasteiger partial charge >= 0.3 is 5.97 Å². The summed E-state index contributed by atoms with van der Waals surface area (Å²) >= 11 is 0. The first-order chi connectivity index (χ1) is 7.67. The fourth-order valence-corrected chi connectivity index (χ4v) is 1.66. The van der Waals surface area contributed by atoms with Crippen molar-refractivity contribution in [1.29, 1.82) is 0 Å². The predicted molar refractivity (Wildman–Crippen MR) is 65.2 cm³/mol. The Kier molecular flexibility index (Phi) is 9.13. The van der Waals surface area contributed by atoms with Gasteiger partial charge in [-0.2, -0.15) is 0 Å². The van der Waals surface area contributed by atoms with Crippen molar-refractivity contribution in [1.82, 2.24) is 0 Å². The smallest absolute Gasteiger partial charge is 0.361 e. The van der Waals surface area contributed by atoms with Crippen LogP contribution < -0.4 is 0 Å². The molecule has 0 saturated carbocycles. The molecule has 0 aromatic carbocycles. The van der Waals surface area contributed by atoms with Gasteiger partial charge in [-0.15, -0.1) is 0 Å². The summed E-state index contributed by atoms with van der Waals surface area (Å²) in [6.07, 6.45) is 3.84. The van der Waals surface area contributed by atoms with Crippen molar-refractivity contribution in [3.8, 4) is 0 Å². The summed E-state index contributed by atoms with van der Waals surface area (Å²) in [7, 11) is 0.266. The van der Waals surface area contributed by atoms with Gasteiger partial charge in [0.1, 0.15) is 0 Å². The van der Waals surface area contributed by atoms with Crippen LogP contribution >= 0.6 is 0 Å². The van der Waals surface area contributed by atoms with E-state index in [-0.39, 0.29) is 16.4 Å². The molecule has 0 radical (unpaired) electrons. The Bertz CT molecular complexity index is 218. The Balaban J connectivity index is 4.17. The summed E-state index contributed by atoms with van der Waals surface area (Å²) in [6.45, 7) is 4.87. The second-order valence-corrected chi connectivity index (χ2v) is 4.12. The van der Waals surface area contributed by atoms with Gasteiger partial charge < -0.3 is 9.16 Å². The fourth-order valence-electron chi connectivity index (χ4n) is 1.46. The molecule has 0 spiro atoms. The van der Waals surface area contributed by atoms with E-state index in [2.05, 4.69) is 11.3 Å². The van der Waals surface area contributed by atoms with Crippen molar-refractivity contribution >= 4 is 22.2 Å². The van der Waals surface area contributed by atoms with Crippen LogP contribution in [0.2, 0.25) is 0 Å². The number of ketones is 1. The summed E-state index contributed by atoms with van der Waals surface area (Å²) in [5.41, 5.74) is 0. The molecular weight excluding hydrogens is 224 g/mol. The van der Waals surface area contributed by atoms with Crippen molar-refractivity contribution in [2.45, 2.75) is 39.5 Å². The number of Topliss-reactive ketones (excluding diaryl/α,β-unsaturated/α-hetero) is 1. The van der Waals surface area contributed by atoms with Crippen molar-refractivity contribution in [2.75, 3.05) is 13.2 Å². The molecule has 0 aromatic heterocycles. The number of hydrogen-bond acceptors (Lipinski definition) is 4. The SMILES string of the molecule is CCCCCC(COCC)C(=O)C(=O)O[SiH3]. The highest BCUT2D eigenvalue weighted by Crippen LogP contribution is 2.12. The second-order valence-electron chi connectivity index (χ2n) is 3.71. The molecule has 0 bridgehead atoms. The molecular formula is C11H22O4Si. The summed E-state index contributed by atoms with van der Waals surface area (Å²) in [6, 6.07) is 0. The minimum Gasteiger partial charge on any atom is -0.523 e. The maximum Gasteiger partial charge on any atom is 0.361 e. The zero-order valence-electron chi connectivity index (χ0n) is 10.5. The van der Waals surface area contributed by atoms with Gasteiger partial charge in [0.25, 0.3) is 0 Å². The normalized spacial score (nSPS) is 12.4. The average molecular weight is 246 g/mol. The van der Waals surface area contributed by atoms with Crippen LogP contribution in [0, 0.1) is 5.92 Å². The quantitative estimate of drug-likeness (QED) is 0.340. The molecule has 0 heterocycles. The summed E-state index contributed by atoms with van der Waals surface area (Å²) in [5.74, 6) is -1.46. The van der Waals surface area contributed by atoms with Gasteiger partial charge in [-0.1, -0.05) is 26.2 Å². The molecule has 0 N–H and O–H groups in total. The van der Waals surface area contributed by atoms with E-state index in [1.165, 1.54) is 0 Å². The maximum absolute atomic E-state index is 11.6. The van der Waals surface area contributed by atoms with E-state index in [0.717, 1.165) is 19.3 Å². The number of ether oxygens (including phenoxy) is 1. The fraction of sp³-hybridized carbons (Fsp3) is 0.818. The van der Waals surface area contributed by atoms with Crippen molar-refractivity contribution < 1.29 is 18.8 Å². The van der Waals surface area contributed by atoms with E-state index in [1.807, 2.05) is 6.92 Å². The Hall–Kier alpha value is -0.683. The van der Waals surface area contributed by atoms with E-state index >= 15 is 0 Å². The average Bonchev–Trinajstić information content (AvgIpc) is 2.31. The minimum atomic E-state index is -0.701. The van der Waals surface area contributed by atoms with Gasteiger partial charge in [-0.25, -0.2) is 4.79 Å². The first-order valence-corrected chi connectivity index (χ1v) is 6.68. The van der Waals surface area contributed by atoms with Gasteiger partial charge in [-0.05, 0) is 13.3 Å². The Morgan fingerprint density at radius 2 is 1.94 bits per heavy atom. The predicted octanol–water partition coefficient (Wildman–Crippen LogP) is 0.612. The first-order valence-electron chi connectivity index (χ1n) is 5.87. The van der Waals surface area contributed by atoms with Gasteiger partial charge in [0.15, 0.2) is 0 Å². The highest BCUT2D eigenvalue weighted by molar-refractivity contribution is 6.37. The van der Waals surface area contributed by atoms with E-state index in [0.29, 0.717) is 19.6 Å². The molecule has 0 rings (SSSR count). The standard InChI is InChI=1S/C11H22O4Si/c1-3-5-6-7-9(8-14-4-2)10(12)11(13)15-16/h9H,3-8H2,1-2,16H3. The molecule has 0 aliphatic rings. The largest absolute Gasteiger partial charge is 0.523 e. The van der Waals surface area contributed by atoms with Crippen LogP contribution in [-0.2, 0) is 18.8 Å². The van der Waals surface area contributed by atoms with Crippen LogP contribution in [0.25, 0.3) is 0 Å². The van der Waals surface area contributed by atoms with Crippen LogP contribution in [-0.4, -0.2) is 35.5 Å². The van der Waals surface area contributed by atoms with Crippen LogP contribution in [0.4, 0.5) is 0 Å². The Morgan fingerprint density at radius 3 is 2.44 bits per heavy atom. The molecule has 0 aliphatic heterocycles. The van der Waals surface area contributed by atoms with E-state index < -0.39 is 11.8 Å². The lowest BCUT2D eigenvalue weighted by atomic mass is 9.97. The first kappa shape index (κ1) is 15.3. The van der Waals surface area contributed by atoms with Crippen LogP contribution in [0.5, 0.6) is 0 Å². The molecule has 16 heavy (non-hydrogen) atoms. The number of unbranched alkanes of at least 4 members (excludes halogenated alkanes) is 2. The molecule has 0 aliphatic carbocycles. The van der Waals surface area contributed by atoms with Crippen LogP contribution in [0.1, 0.15) is 39.5 Å². The van der Waals surface area contributed by atoms with Crippen LogP contribution in [0.15, 0.2) is 0 Å². The maximum atomic E-state index is 11.6. The summed E-state index contributed by atoms with van der Waals surface area (Å²) < 4.78 is 9.80. The van der Waals surface area contributed by atoms with Crippen molar-refractivity contribution in [3.05, 3.63) is 0 Å². The molecule has 1 atom stereocenters. The molecule has 1 unspecified atom stereocenters. The third kappa shape index (κ3) is 6.02. The topological polar surface area (TPSA) is 52.6 Å². The molecule has 0 fully saturated rings. The molecule has 0 saturated heterocycles. The second kappa shape index (κ2) is 9.54. The number of carbonyl (C=O) groups is 2. The molecule has 94 valence electrons. The lowest BCUT2D eigenvalue weighted by molar-refractivity contribution is -0.150. The van der Waals surface area contributed by atoms with Gasteiger partial charge in [0.05, 0.1) is 12.5 Å². The highest BCUT2D eigenvalue weighted by atomic mass is 28.2. The number of hydrogen-bond donors (Lipinski definition) is 0. The Morgan fingerprint density at radius 1 is 1.25 bits per heavy atom. The molecule has 4 nitrogen and oxygen atoms in total. The zero-order chi connectivity index (χ0) is 12.4. The van der Waals surface area contributed by atoms with Crippen molar-refractivity contribution in [2.24, 2.45) is 5.92 Å². The van der Waals surface area contributed by atoms with Gasteiger partial charge in [-0.3, -0.25) is 4.79 Å².